The van der Waals surface area contributed by atoms with Gasteiger partial charge in [-0.05, 0) is 31.9 Å². The SMILES string of the molecule is Cc1cccc(Nc2nc(C(=O)N3CCCC3)cs2)n1. The summed E-state index contributed by atoms with van der Waals surface area (Å²) in [4.78, 5) is 22.8. The Morgan fingerprint density at radius 1 is 1.30 bits per heavy atom. The van der Waals surface area contributed by atoms with Gasteiger partial charge in [0.25, 0.3) is 5.91 Å². The van der Waals surface area contributed by atoms with Crippen molar-refractivity contribution in [1.82, 2.24) is 14.9 Å². The van der Waals surface area contributed by atoms with Crippen LogP contribution in [0.4, 0.5) is 10.9 Å². The first-order valence-corrected chi connectivity index (χ1v) is 7.56. The van der Waals surface area contributed by atoms with Crippen molar-refractivity contribution in [2.45, 2.75) is 19.8 Å². The molecule has 3 rings (SSSR count). The molecule has 3 heterocycles. The van der Waals surface area contributed by atoms with E-state index >= 15 is 0 Å². The summed E-state index contributed by atoms with van der Waals surface area (Å²) in [5.74, 6) is 0.781. The van der Waals surface area contributed by atoms with Crippen molar-refractivity contribution in [1.29, 1.82) is 0 Å². The van der Waals surface area contributed by atoms with Crippen LogP contribution in [-0.4, -0.2) is 33.9 Å². The van der Waals surface area contributed by atoms with E-state index in [2.05, 4.69) is 15.3 Å². The maximum Gasteiger partial charge on any atom is 0.273 e. The first kappa shape index (κ1) is 13.1. The van der Waals surface area contributed by atoms with E-state index in [1.165, 1.54) is 11.3 Å². The number of aromatic nitrogens is 2. The summed E-state index contributed by atoms with van der Waals surface area (Å²) in [6.45, 7) is 3.63. The molecule has 0 aliphatic carbocycles. The molecule has 0 unspecified atom stereocenters. The number of carbonyl (C=O) groups excluding carboxylic acids is 1. The molecule has 2 aromatic heterocycles. The summed E-state index contributed by atoms with van der Waals surface area (Å²) < 4.78 is 0. The molecule has 1 aliphatic heterocycles. The van der Waals surface area contributed by atoms with Crippen LogP contribution in [0.15, 0.2) is 23.6 Å². The molecule has 0 radical (unpaired) electrons. The average molecular weight is 288 g/mol. The van der Waals surface area contributed by atoms with Gasteiger partial charge in [0.1, 0.15) is 11.5 Å². The lowest BCUT2D eigenvalue weighted by molar-refractivity contribution is 0.0788. The quantitative estimate of drug-likeness (QED) is 0.943. The first-order valence-electron chi connectivity index (χ1n) is 6.68. The van der Waals surface area contributed by atoms with Gasteiger partial charge in [0.15, 0.2) is 5.13 Å². The summed E-state index contributed by atoms with van der Waals surface area (Å²) >= 11 is 1.43. The number of thiazole rings is 1. The summed E-state index contributed by atoms with van der Waals surface area (Å²) in [5, 5.41) is 5.64. The van der Waals surface area contributed by atoms with Gasteiger partial charge in [0, 0.05) is 24.2 Å². The molecular formula is C14H16N4OS. The second kappa shape index (κ2) is 5.58. The Morgan fingerprint density at radius 2 is 2.10 bits per heavy atom. The molecule has 0 bridgehead atoms. The van der Waals surface area contributed by atoms with Crippen LogP contribution < -0.4 is 5.32 Å². The van der Waals surface area contributed by atoms with E-state index in [4.69, 9.17) is 0 Å². The Balaban J connectivity index is 1.71. The number of nitrogens with one attached hydrogen (secondary N) is 1. The molecule has 1 fully saturated rings. The smallest absolute Gasteiger partial charge is 0.273 e. The molecule has 1 aliphatic rings. The molecular weight excluding hydrogens is 272 g/mol. The largest absolute Gasteiger partial charge is 0.337 e. The van der Waals surface area contributed by atoms with Gasteiger partial charge in [-0.1, -0.05) is 6.07 Å². The van der Waals surface area contributed by atoms with Gasteiger partial charge in [0.2, 0.25) is 0 Å². The van der Waals surface area contributed by atoms with Crippen molar-refractivity contribution in [3.05, 3.63) is 35.0 Å². The maximum absolute atomic E-state index is 12.2. The molecule has 6 heteroatoms. The van der Waals surface area contributed by atoms with Crippen molar-refractivity contribution in [3.8, 4) is 0 Å². The fourth-order valence-corrected chi connectivity index (χ4v) is 2.93. The number of aryl methyl sites for hydroxylation is 1. The number of amides is 1. The third kappa shape index (κ3) is 2.80. The second-order valence-corrected chi connectivity index (χ2v) is 5.68. The van der Waals surface area contributed by atoms with Crippen molar-refractivity contribution in [3.63, 3.8) is 0 Å². The van der Waals surface area contributed by atoms with E-state index in [9.17, 15) is 4.79 Å². The highest BCUT2D eigenvalue weighted by atomic mass is 32.1. The number of pyridine rings is 1. The fraction of sp³-hybridized carbons (Fsp3) is 0.357. The zero-order chi connectivity index (χ0) is 13.9. The molecule has 1 saturated heterocycles. The van der Waals surface area contributed by atoms with Crippen LogP contribution in [0.3, 0.4) is 0 Å². The van der Waals surface area contributed by atoms with Crippen molar-refractivity contribution in [2.24, 2.45) is 0 Å². The number of hydrogen-bond donors (Lipinski definition) is 1. The number of likely N-dealkylation sites (tertiary alicyclic amines) is 1. The number of nitrogens with zero attached hydrogens (tertiary/aromatic N) is 3. The van der Waals surface area contributed by atoms with E-state index in [-0.39, 0.29) is 5.91 Å². The standard InChI is InChI=1S/C14H16N4OS/c1-10-5-4-6-12(15-10)17-14-16-11(9-20-14)13(19)18-7-2-3-8-18/h4-6,9H,2-3,7-8H2,1H3,(H,15,16,17). The van der Waals surface area contributed by atoms with Gasteiger partial charge in [-0.15, -0.1) is 11.3 Å². The van der Waals surface area contributed by atoms with E-state index in [0.717, 1.165) is 37.4 Å². The van der Waals surface area contributed by atoms with Crippen LogP contribution in [0.25, 0.3) is 0 Å². The van der Waals surface area contributed by atoms with Crippen LogP contribution in [-0.2, 0) is 0 Å². The molecule has 1 N–H and O–H groups in total. The van der Waals surface area contributed by atoms with Crippen LogP contribution >= 0.6 is 11.3 Å². The number of hydrogen-bond acceptors (Lipinski definition) is 5. The summed E-state index contributed by atoms with van der Waals surface area (Å²) in [7, 11) is 0. The minimum atomic E-state index is 0.0315. The molecule has 0 aromatic carbocycles. The number of anilines is 2. The minimum absolute atomic E-state index is 0.0315. The fourth-order valence-electron chi connectivity index (χ4n) is 2.23. The zero-order valence-corrected chi connectivity index (χ0v) is 12.1. The molecule has 0 atom stereocenters. The third-order valence-electron chi connectivity index (χ3n) is 3.24. The van der Waals surface area contributed by atoms with Crippen LogP contribution in [0.2, 0.25) is 0 Å². The van der Waals surface area contributed by atoms with Gasteiger partial charge in [-0.2, -0.15) is 0 Å². The first-order chi connectivity index (χ1) is 9.72. The molecule has 104 valence electrons. The van der Waals surface area contributed by atoms with Gasteiger partial charge in [-0.3, -0.25) is 4.79 Å². The molecule has 0 saturated carbocycles. The Labute approximate surface area is 121 Å². The highest BCUT2D eigenvalue weighted by Gasteiger charge is 2.21. The predicted molar refractivity (Wildman–Crippen MR) is 79.5 cm³/mol. The van der Waals surface area contributed by atoms with E-state index in [1.54, 1.807) is 5.38 Å². The van der Waals surface area contributed by atoms with Crippen LogP contribution in [0.1, 0.15) is 29.0 Å². The average Bonchev–Trinajstić information content (AvgIpc) is 3.09. The van der Waals surface area contributed by atoms with Gasteiger partial charge < -0.3 is 10.2 Å². The van der Waals surface area contributed by atoms with E-state index < -0.39 is 0 Å². The topological polar surface area (TPSA) is 58.1 Å². The minimum Gasteiger partial charge on any atom is -0.337 e. The summed E-state index contributed by atoms with van der Waals surface area (Å²) in [5.41, 5.74) is 1.46. The van der Waals surface area contributed by atoms with Crippen molar-refractivity contribution in [2.75, 3.05) is 18.4 Å². The Morgan fingerprint density at radius 3 is 2.85 bits per heavy atom. The monoisotopic (exact) mass is 288 g/mol. The second-order valence-electron chi connectivity index (χ2n) is 4.83. The van der Waals surface area contributed by atoms with Crippen molar-refractivity contribution >= 4 is 28.2 Å². The Hall–Kier alpha value is -1.95. The van der Waals surface area contributed by atoms with E-state index in [1.807, 2.05) is 30.0 Å². The lowest BCUT2D eigenvalue weighted by Gasteiger charge is -2.12. The lowest BCUT2D eigenvalue weighted by Crippen LogP contribution is -2.27. The number of carbonyl (C=O) groups is 1. The zero-order valence-electron chi connectivity index (χ0n) is 11.3. The van der Waals surface area contributed by atoms with Crippen molar-refractivity contribution < 1.29 is 4.79 Å². The van der Waals surface area contributed by atoms with Gasteiger partial charge >= 0.3 is 0 Å². The Bertz CT molecular complexity index is 619. The Kier molecular flexibility index (Phi) is 3.64. The summed E-state index contributed by atoms with van der Waals surface area (Å²) in [6.07, 6.45) is 2.18. The lowest BCUT2D eigenvalue weighted by atomic mass is 10.4. The normalized spacial score (nSPS) is 14.6. The van der Waals surface area contributed by atoms with Gasteiger partial charge in [-0.25, -0.2) is 9.97 Å². The third-order valence-corrected chi connectivity index (χ3v) is 4.00. The molecule has 5 nitrogen and oxygen atoms in total. The van der Waals surface area contributed by atoms with Crippen LogP contribution in [0, 0.1) is 6.92 Å². The molecule has 0 spiro atoms. The van der Waals surface area contributed by atoms with Crippen LogP contribution in [0.5, 0.6) is 0 Å². The van der Waals surface area contributed by atoms with Gasteiger partial charge in [0.05, 0.1) is 0 Å². The number of rotatable bonds is 3. The molecule has 2 aromatic rings. The van der Waals surface area contributed by atoms with E-state index in [0.29, 0.717) is 10.8 Å². The molecule has 1 amide bonds. The predicted octanol–water partition coefficient (Wildman–Crippen LogP) is 2.83. The highest BCUT2D eigenvalue weighted by molar-refractivity contribution is 7.14. The summed E-state index contributed by atoms with van der Waals surface area (Å²) in [6, 6.07) is 5.76. The molecule has 20 heavy (non-hydrogen) atoms. The highest BCUT2D eigenvalue weighted by Crippen LogP contribution is 2.21. The maximum atomic E-state index is 12.2.